The fourth-order valence-electron chi connectivity index (χ4n) is 2.45. The van der Waals surface area contributed by atoms with E-state index in [1.54, 1.807) is 13.0 Å². The Hall–Kier alpha value is -2.68. The highest BCUT2D eigenvalue weighted by molar-refractivity contribution is 7.89. The highest BCUT2D eigenvalue weighted by Gasteiger charge is 2.18. The zero-order valence-electron chi connectivity index (χ0n) is 16.0. The van der Waals surface area contributed by atoms with Gasteiger partial charge in [-0.05, 0) is 55.9 Å². The lowest BCUT2D eigenvalue weighted by molar-refractivity contribution is -0.120. The summed E-state index contributed by atoms with van der Waals surface area (Å²) in [5, 5.41) is 7.84. The van der Waals surface area contributed by atoms with Crippen molar-refractivity contribution in [3.8, 4) is 5.75 Å². The van der Waals surface area contributed by atoms with Crippen LogP contribution in [0.5, 0.6) is 5.75 Å². The predicted octanol–water partition coefficient (Wildman–Crippen LogP) is 2.36. The SMILES string of the molecule is C=CCOc1ccc(CN(C)C(C)C(=O)Nc2ccc(S(N)(=O)=O)cc2)cc1. The van der Waals surface area contributed by atoms with Crippen LogP contribution in [0.2, 0.25) is 0 Å². The molecule has 28 heavy (non-hydrogen) atoms. The molecule has 0 bridgehead atoms. The van der Waals surface area contributed by atoms with E-state index < -0.39 is 16.1 Å². The summed E-state index contributed by atoms with van der Waals surface area (Å²) >= 11 is 0. The number of sulfonamides is 1. The van der Waals surface area contributed by atoms with Crippen molar-refractivity contribution in [3.63, 3.8) is 0 Å². The van der Waals surface area contributed by atoms with Crippen LogP contribution in [-0.2, 0) is 21.4 Å². The van der Waals surface area contributed by atoms with Crippen LogP contribution in [0.15, 0.2) is 66.1 Å². The molecule has 0 aliphatic carbocycles. The van der Waals surface area contributed by atoms with E-state index >= 15 is 0 Å². The highest BCUT2D eigenvalue weighted by Crippen LogP contribution is 2.16. The lowest BCUT2D eigenvalue weighted by Crippen LogP contribution is -2.39. The van der Waals surface area contributed by atoms with Crippen LogP contribution in [0.25, 0.3) is 0 Å². The zero-order chi connectivity index (χ0) is 20.7. The number of anilines is 1. The van der Waals surface area contributed by atoms with Crippen molar-refractivity contribution in [1.29, 1.82) is 0 Å². The van der Waals surface area contributed by atoms with Crippen molar-refractivity contribution in [3.05, 3.63) is 66.7 Å². The fraction of sp³-hybridized carbons (Fsp3) is 0.250. The van der Waals surface area contributed by atoms with Crippen molar-refractivity contribution >= 4 is 21.6 Å². The lowest BCUT2D eigenvalue weighted by atomic mass is 10.1. The van der Waals surface area contributed by atoms with E-state index in [1.807, 2.05) is 36.2 Å². The molecule has 7 nitrogen and oxygen atoms in total. The van der Waals surface area contributed by atoms with Gasteiger partial charge in [0, 0.05) is 12.2 Å². The number of nitrogens with two attached hydrogens (primary N) is 1. The van der Waals surface area contributed by atoms with Crippen molar-refractivity contribution < 1.29 is 17.9 Å². The van der Waals surface area contributed by atoms with Crippen molar-refractivity contribution in [1.82, 2.24) is 4.90 Å². The van der Waals surface area contributed by atoms with Gasteiger partial charge in [-0.25, -0.2) is 13.6 Å². The first-order valence-corrected chi connectivity index (χ1v) is 10.2. The fourth-order valence-corrected chi connectivity index (χ4v) is 2.96. The summed E-state index contributed by atoms with van der Waals surface area (Å²) in [6.07, 6.45) is 1.68. The zero-order valence-corrected chi connectivity index (χ0v) is 16.8. The van der Waals surface area contributed by atoms with E-state index in [4.69, 9.17) is 9.88 Å². The Kier molecular flexibility index (Phi) is 7.33. The van der Waals surface area contributed by atoms with Crippen LogP contribution in [-0.4, -0.2) is 38.9 Å². The van der Waals surface area contributed by atoms with Gasteiger partial charge in [0.25, 0.3) is 0 Å². The molecule has 1 atom stereocenters. The van der Waals surface area contributed by atoms with Gasteiger partial charge in [0.15, 0.2) is 0 Å². The molecule has 8 heteroatoms. The molecule has 0 heterocycles. The first-order valence-electron chi connectivity index (χ1n) is 8.67. The molecule has 2 aromatic rings. The highest BCUT2D eigenvalue weighted by atomic mass is 32.2. The van der Waals surface area contributed by atoms with Gasteiger partial charge in [-0.2, -0.15) is 0 Å². The number of carbonyl (C=O) groups excluding carboxylic acids is 1. The van der Waals surface area contributed by atoms with Crippen LogP contribution in [0.1, 0.15) is 12.5 Å². The second-order valence-corrected chi connectivity index (χ2v) is 7.95. The van der Waals surface area contributed by atoms with Crippen molar-refractivity contribution in [2.45, 2.75) is 24.4 Å². The monoisotopic (exact) mass is 403 g/mol. The van der Waals surface area contributed by atoms with Crippen molar-refractivity contribution in [2.75, 3.05) is 19.0 Å². The maximum absolute atomic E-state index is 12.5. The van der Waals surface area contributed by atoms with Crippen LogP contribution in [0.3, 0.4) is 0 Å². The molecule has 2 aromatic carbocycles. The maximum atomic E-state index is 12.5. The third-order valence-corrected chi connectivity index (χ3v) is 5.14. The minimum atomic E-state index is -3.76. The Morgan fingerprint density at radius 3 is 2.36 bits per heavy atom. The minimum Gasteiger partial charge on any atom is -0.490 e. The number of hydrogen-bond acceptors (Lipinski definition) is 5. The summed E-state index contributed by atoms with van der Waals surface area (Å²) in [5.74, 6) is 0.567. The summed E-state index contributed by atoms with van der Waals surface area (Å²) < 4.78 is 28.0. The number of amides is 1. The van der Waals surface area contributed by atoms with Crippen LogP contribution in [0, 0.1) is 0 Å². The second-order valence-electron chi connectivity index (χ2n) is 6.39. The molecule has 0 aromatic heterocycles. The van der Waals surface area contributed by atoms with Crippen LogP contribution in [0.4, 0.5) is 5.69 Å². The average molecular weight is 404 g/mol. The number of nitrogens with one attached hydrogen (secondary N) is 1. The summed E-state index contributed by atoms with van der Waals surface area (Å²) in [6, 6.07) is 13.0. The van der Waals surface area contributed by atoms with Gasteiger partial charge in [0.2, 0.25) is 15.9 Å². The van der Waals surface area contributed by atoms with E-state index in [9.17, 15) is 13.2 Å². The molecule has 0 saturated carbocycles. The molecule has 0 fully saturated rings. The summed E-state index contributed by atoms with van der Waals surface area (Å²) in [5.41, 5.74) is 1.55. The van der Waals surface area contributed by atoms with Gasteiger partial charge in [-0.15, -0.1) is 0 Å². The average Bonchev–Trinajstić information content (AvgIpc) is 2.66. The number of benzene rings is 2. The predicted molar refractivity (Wildman–Crippen MR) is 110 cm³/mol. The molecule has 0 aliphatic heterocycles. The Morgan fingerprint density at radius 2 is 1.82 bits per heavy atom. The molecular formula is C20H25N3O4S. The van der Waals surface area contributed by atoms with Gasteiger partial charge < -0.3 is 10.1 Å². The number of likely N-dealkylation sites (N-methyl/N-ethyl adjacent to an activating group) is 1. The van der Waals surface area contributed by atoms with E-state index in [-0.39, 0.29) is 10.8 Å². The first kappa shape index (κ1) is 21.6. The van der Waals surface area contributed by atoms with E-state index in [0.29, 0.717) is 18.8 Å². The molecule has 0 spiro atoms. The van der Waals surface area contributed by atoms with Gasteiger partial charge >= 0.3 is 0 Å². The Labute approximate surface area is 165 Å². The topological polar surface area (TPSA) is 102 Å². The van der Waals surface area contributed by atoms with E-state index in [1.165, 1.54) is 24.3 Å². The number of hydrogen-bond donors (Lipinski definition) is 2. The number of primary sulfonamides is 1. The second kappa shape index (κ2) is 9.50. The Bertz CT molecular complexity index is 909. The van der Waals surface area contributed by atoms with Gasteiger partial charge in [0.1, 0.15) is 12.4 Å². The lowest BCUT2D eigenvalue weighted by Gasteiger charge is -2.24. The Morgan fingerprint density at radius 1 is 1.21 bits per heavy atom. The summed E-state index contributed by atoms with van der Waals surface area (Å²) in [7, 11) is -1.90. The molecule has 0 saturated heterocycles. The standard InChI is InChI=1S/C20H25N3O4S/c1-4-13-27-18-9-5-16(6-10-18)14-23(3)15(2)20(24)22-17-7-11-19(12-8-17)28(21,25)26/h4-12,15H,1,13-14H2,2-3H3,(H,22,24)(H2,21,25,26). The Balaban J connectivity index is 1.93. The third-order valence-electron chi connectivity index (χ3n) is 4.21. The minimum absolute atomic E-state index is 0.00353. The van der Waals surface area contributed by atoms with Gasteiger partial charge in [-0.3, -0.25) is 9.69 Å². The smallest absolute Gasteiger partial charge is 0.241 e. The normalized spacial score (nSPS) is 12.4. The number of carbonyl (C=O) groups is 1. The largest absolute Gasteiger partial charge is 0.490 e. The van der Waals surface area contributed by atoms with Gasteiger partial charge in [0.05, 0.1) is 10.9 Å². The molecule has 2 rings (SSSR count). The van der Waals surface area contributed by atoms with Crippen molar-refractivity contribution in [2.24, 2.45) is 5.14 Å². The molecule has 0 aliphatic rings. The molecule has 3 N–H and O–H groups in total. The van der Waals surface area contributed by atoms with Gasteiger partial charge in [-0.1, -0.05) is 24.8 Å². The summed E-state index contributed by atoms with van der Waals surface area (Å²) in [4.78, 5) is 14.4. The third kappa shape index (κ3) is 6.19. The van der Waals surface area contributed by atoms with E-state index in [2.05, 4.69) is 11.9 Å². The van der Waals surface area contributed by atoms with Crippen LogP contribution < -0.4 is 15.2 Å². The van der Waals surface area contributed by atoms with Crippen LogP contribution >= 0.6 is 0 Å². The first-order chi connectivity index (χ1) is 13.2. The molecule has 1 amide bonds. The van der Waals surface area contributed by atoms with E-state index in [0.717, 1.165) is 11.3 Å². The number of ether oxygens (including phenoxy) is 1. The molecule has 1 unspecified atom stereocenters. The molecule has 150 valence electrons. The molecule has 0 radical (unpaired) electrons. The quantitative estimate of drug-likeness (QED) is 0.626. The summed E-state index contributed by atoms with van der Waals surface area (Å²) in [6.45, 7) is 6.45. The molecular weight excluding hydrogens is 378 g/mol. The number of rotatable bonds is 9. The number of nitrogens with zero attached hydrogens (tertiary/aromatic N) is 1. The maximum Gasteiger partial charge on any atom is 0.241 e.